The van der Waals surface area contributed by atoms with E-state index in [0.29, 0.717) is 6.42 Å². The lowest BCUT2D eigenvalue weighted by Crippen LogP contribution is -2.11. The van der Waals surface area contributed by atoms with Gasteiger partial charge in [0.1, 0.15) is 6.10 Å². The van der Waals surface area contributed by atoms with Crippen molar-refractivity contribution in [3.63, 3.8) is 0 Å². The quantitative estimate of drug-likeness (QED) is 0.522. The van der Waals surface area contributed by atoms with Gasteiger partial charge >= 0.3 is 0 Å². The summed E-state index contributed by atoms with van der Waals surface area (Å²) in [6.07, 6.45) is -0.570. The van der Waals surface area contributed by atoms with Crippen LogP contribution in [0.15, 0.2) is 0 Å². The molecule has 0 aromatic carbocycles. The van der Waals surface area contributed by atoms with Gasteiger partial charge in [-0.15, -0.1) is 0 Å². The fraction of sp³-hybridized carbons (Fsp3) is 0.833. The van der Waals surface area contributed by atoms with Gasteiger partial charge in [-0.3, -0.25) is 0 Å². The first kappa shape index (κ1) is 8.41. The Labute approximate surface area is 54.5 Å². The summed E-state index contributed by atoms with van der Waals surface area (Å²) in [7, 11) is 0. The Balaban J connectivity index is 3.37. The van der Waals surface area contributed by atoms with Crippen LogP contribution in [-0.2, 0) is 0 Å². The molecule has 0 radical (unpaired) electrons. The lowest BCUT2D eigenvalue weighted by molar-refractivity contribution is 0.159. The second kappa shape index (κ2) is 4.30. The van der Waals surface area contributed by atoms with Crippen LogP contribution in [0.3, 0.4) is 0 Å². The van der Waals surface area contributed by atoms with Crippen LogP contribution in [0.25, 0.3) is 0 Å². The summed E-state index contributed by atoms with van der Waals surface area (Å²) < 4.78 is 0. The van der Waals surface area contributed by atoms with Crippen molar-refractivity contribution >= 4 is 0 Å². The van der Waals surface area contributed by atoms with Gasteiger partial charge in [-0.05, 0) is 12.3 Å². The number of aliphatic hydroxyl groups is 2. The van der Waals surface area contributed by atoms with E-state index >= 15 is 0 Å². The Morgan fingerprint density at radius 1 is 1.67 bits per heavy atom. The van der Waals surface area contributed by atoms with Crippen LogP contribution < -0.4 is 0 Å². The molecule has 1 unspecified atom stereocenters. The molecular weight excluding hydrogens is 118 g/mol. The van der Waals surface area contributed by atoms with Gasteiger partial charge in [0, 0.05) is 6.61 Å². The lowest BCUT2D eigenvalue weighted by Gasteiger charge is -2.06. The molecule has 0 saturated carbocycles. The van der Waals surface area contributed by atoms with Gasteiger partial charge in [0.05, 0.1) is 6.07 Å². The van der Waals surface area contributed by atoms with E-state index in [1.165, 1.54) is 0 Å². The third-order valence-electron chi connectivity index (χ3n) is 1.09. The normalized spacial score (nSPS) is 16.2. The number of aliphatic hydroxyl groups excluding tert-OH is 2. The van der Waals surface area contributed by atoms with E-state index in [1.54, 1.807) is 13.0 Å². The molecule has 0 saturated heterocycles. The van der Waals surface area contributed by atoms with Crippen molar-refractivity contribution in [2.24, 2.45) is 5.92 Å². The molecule has 0 amide bonds. The standard InChI is InChI=1S/C6H11NO2/c1-5(4-8)2-6(9)3-7/h5-6,8-9H,2,4H2,1H3/t5-,6?/m1/s1. The highest BCUT2D eigenvalue weighted by Gasteiger charge is 2.06. The zero-order chi connectivity index (χ0) is 7.28. The summed E-state index contributed by atoms with van der Waals surface area (Å²) in [6.45, 7) is 1.80. The first-order valence-electron chi connectivity index (χ1n) is 2.89. The molecule has 0 bridgehead atoms. The largest absolute Gasteiger partial charge is 0.396 e. The van der Waals surface area contributed by atoms with Crippen molar-refractivity contribution in [3.05, 3.63) is 0 Å². The van der Waals surface area contributed by atoms with E-state index in [0.717, 1.165) is 0 Å². The number of nitriles is 1. The maximum Gasteiger partial charge on any atom is 0.140 e. The van der Waals surface area contributed by atoms with Gasteiger partial charge in [-0.1, -0.05) is 6.92 Å². The molecule has 9 heavy (non-hydrogen) atoms. The monoisotopic (exact) mass is 129 g/mol. The van der Waals surface area contributed by atoms with Crippen LogP contribution in [0.5, 0.6) is 0 Å². The van der Waals surface area contributed by atoms with Crippen LogP contribution in [0.4, 0.5) is 0 Å². The van der Waals surface area contributed by atoms with E-state index in [4.69, 9.17) is 15.5 Å². The van der Waals surface area contributed by atoms with Gasteiger partial charge in [0.2, 0.25) is 0 Å². The molecule has 0 aliphatic rings. The minimum Gasteiger partial charge on any atom is -0.396 e. The van der Waals surface area contributed by atoms with E-state index in [9.17, 15) is 0 Å². The van der Waals surface area contributed by atoms with Crippen LogP contribution in [0.1, 0.15) is 13.3 Å². The lowest BCUT2D eigenvalue weighted by atomic mass is 10.1. The van der Waals surface area contributed by atoms with E-state index in [2.05, 4.69) is 0 Å². The Bertz CT molecular complexity index is 108. The van der Waals surface area contributed by atoms with Crippen LogP contribution in [-0.4, -0.2) is 22.9 Å². The molecule has 0 heterocycles. The molecule has 0 fully saturated rings. The number of hydrogen-bond acceptors (Lipinski definition) is 3. The number of nitrogens with zero attached hydrogens (tertiary/aromatic N) is 1. The van der Waals surface area contributed by atoms with Gasteiger partial charge in [0.15, 0.2) is 0 Å². The van der Waals surface area contributed by atoms with Crippen molar-refractivity contribution in [2.75, 3.05) is 6.61 Å². The molecule has 0 aliphatic carbocycles. The van der Waals surface area contributed by atoms with Gasteiger partial charge in [0.25, 0.3) is 0 Å². The predicted octanol–water partition coefficient (Wildman–Crippen LogP) is -0.111. The third kappa shape index (κ3) is 3.95. The van der Waals surface area contributed by atoms with Crippen molar-refractivity contribution in [1.29, 1.82) is 5.26 Å². The second-order valence-electron chi connectivity index (χ2n) is 2.17. The summed E-state index contributed by atoms with van der Waals surface area (Å²) in [5.74, 6) is 0.0136. The topological polar surface area (TPSA) is 64.2 Å². The first-order valence-corrected chi connectivity index (χ1v) is 2.89. The molecule has 0 aliphatic heterocycles. The molecular formula is C6H11NO2. The SMILES string of the molecule is C[C@@H](CO)CC(O)C#N. The summed E-state index contributed by atoms with van der Waals surface area (Å²) in [5.41, 5.74) is 0. The van der Waals surface area contributed by atoms with Crippen molar-refractivity contribution < 1.29 is 10.2 Å². The molecule has 2 N–H and O–H groups in total. The van der Waals surface area contributed by atoms with E-state index in [-0.39, 0.29) is 12.5 Å². The van der Waals surface area contributed by atoms with Gasteiger partial charge < -0.3 is 10.2 Å². The molecule has 2 atom stereocenters. The van der Waals surface area contributed by atoms with Crippen molar-refractivity contribution in [1.82, 2.24) is 0 Å². The molecule has 0 aromatic rings. The van der Waals surface area contributed by atoms with Crippen LogP contribution in [0.2, 0.25) is 0 Å². The minimum atomic E-state index is -0.924. The van der Waals surface area contributed by atoms with Crippen LogP contribution >= 0.6 is 0 Å². The Morgan fingerprint density at radius 2 is 2.22 bits per heavy atom. The Kier molecular flexibility index (Phi) is 4.02. The third-order valence-corrected chi connectivity index (χ3v) is 1.09. The minimum absolute atomic E-state index is 0.0136. The van der Waals surface area contributed by atoms with Crippen molar-refractivity contribution in [3.8, 4) is 6.07 Å². The Morgan fingerprint density at radius 3 is 2.56 bits per heavy atom. The average molecular weight is 129 g/mol. The first-order chi connectivity index (χ1) is 4.20. The van der Waals surface area contributed by atoms with Crippen LogP contribution in [0, 0.1) is 17.2 Å². The highest BCUT2D eigenvalue weighted by Crippen LogP contribution is 2.02. The van der Waals surface area contributed by atoms with Gasteiger partial charge in [-0.25, -0.2) is 0 Å². The molecule has 0 rings (SSSR count). The summed E-state index contributed by atoms with van der Waals surface area (Å²) in [4.78, 5) is 0. The van der Waals surface area contributed by atoms with E-state index in [1.807, 2.05) is 0 Å². The zero-order valence-corrected chi connectivity index (χ0v) is 5.41. The maximum atomic E-state index is 8.69. The molecule has 0 spiro atoms. The molecule has 0 aromatic heterocycles. The summed E-state index contributed by atoms with van der Waals surface area (Å²) >= 11 is 0. The molecule has 3 heteroatoms. The average Bonchev–Trinajstić information content (AvgIpc) is 1.87. The maximum absolute atomic E-state index is 8.69. The predicted molar refractivity (Wildman–Crippen MR) is 32.5 cm³/mol. The van der Waals surface area contributed by atoms with Crippen molar-refractivity contribution in [2.45, 2.75) is 19.4 Å². The van der Waals surface area contributed by atoms with E-state index < -0.39 is 6.10 Å². The highest BCUT2D eigenvalue weighted by molar-refractivity contribution is 4.82. The highest BCUT2D eigenvalue weighted by atomic mass is 16.3. The summed E-state index contributed by atoms with van der Waals surface area (Å²) in [6, 6.07) is 1.67. The molecule has 3 nitrogen and oxygen atoms in total. The smallest absolute Gasteiger partial charge is 0.140 e. The fourth-order valence-electron chi connectivity index (χ4n) is 0.508. The molecule has 52 valence electrons. The zero-order valence-electron chi connectivity index (χ0n) is 5.41. The second-order valence-corrected chi connectivity index (χ2v) is 2.17. The summed E-state index contributed by atoms with van der Waals surface area (Å²) in [5, 5.41) is 25.2. The Hall–Kier alpha value is -0.590. The number of rotatable bonds is 3. The number of hydrogen-bond donors (Lipinski definition) is 2. The fourth-order valence-corrected chi connectivity index (χ4v) is 0.508. The van der Waals surface area contributed by atoms with Gasteiger partial charge in [-0.2, -0.15) is 5.26 Å².